The first-order valence-corrected chi connectivity index (χ1v) is 35.7. The van der Waals surface area contributed by atoms with Crippen molar-refractivity contribution < 1.29 is 0 Å². The number of aryl methyl sites for hydroxylation is 1. The van der Waals surface area contributed by atoms with Gasteiger partial charge < -0.3 is 0 Å². The minimum absolute atomic E-state index is 0.0712. The zero-order valence-electron chi connectivity index (χ0n) is 58.9. The van der Waals surface area contributed by atoms with Gasteiger partial charge in [-0.15, -0.1) is 0 Å². The first-order chi connectivity index (χ1) is 52.1. The number of aromatic nitrogens is 11. The minimum Gasteiger partial charge on any atom is -0.255 e. The van der Waals surface area contributed by atoms with E-state index in [4.69, 9.17) is 44.9 Å². The Kier molecular flexibility index (Phi) is 17.7. The molecular formula is C95H69N11. The molecule has 0 amide bonds. The molecule has 0 N–H and O–H groups in total. The highest BCUT2D eigenvalue weighted by Crippen LogP contribution is 2.39. The van der Waals surface area contributed by atoms with Crippen LogP contribution >= 0.6 is 0 Å². The normalized spacial score (nSPS) is 11.4. The quantitative estimate of drug-likeness (QED) is 0.102. The molecule has 106 heavy (non-hydrogen) atoms. The molecule has 0 saturated carbocycles. The van der Waals surface area contributed by atoms with E-state index in [1.165, 1.54) is 11.1 Å². The SMILES string of the molecule is CC(C)(C)c1cc(-c2ccccc2)nc2c1ccc1ccc(-c3ccc(-c4cccc(-c5nc(-c6ccccc6)nc(-c6ccccn6)n5)c4)cc3)nc12.CCc1cc(-c2ccccc2)nc2c1ccc1ccc(-c3ccc(-c4cccc(-c5nc(-c6ccccc6)cc(-c6ccccn6)n5)c4)cc3)nc12. The first-order valence-electron chi connectivity index (χ1n) is 35.7. The molecular weight excluding hydrogens is 1300 g/mol. The van der Waals surface area contributed by atoms with Crippen LogP contribution < -0.4 is 0 Å². The molecule has 0 aliphatic heterocycles. The van der Waals surface area contributed by atoms with Gasteiger partial charge in [0.15, 0.2) is 23.3 Å². The number of benzene rings is 10. The fourth-order valence-electron chi connectivity index (χ4n) is 13.7. The number of hydrogen-bond donors (Lipinski definition) is 0. The van der Waals surface area contributed by atoms with Gasteiger partial charge in [0, 0.05) is 78.4 Å². The molecule has 8 aromatic heterocycles. The topological polar surface area (TPSA) is 142 Å². The Labute approximate surface area is 615 Å². The smallest absolute Gasteiger partial charge is 0.182 e. The number of hydrogen-bond acceptors (Lipinski definition) is 11. The van der Waals surface area contributed by atoms with E-state index in [9.17, 15) is 0 Å². The van der Waals surface area contributed by atoms with Crippen LogP contribution in [0.3, 0.4) is 0 Å². The number of nitrogens with zero attached hydrogens (tertiary/aromatic N) is 11. The van der Waals surface area contributed by atoms with Crippen molar-refractivity contribution in [2.24, 2.45) is 0 Å². The van der Waals surface area contributed by atoms with Gasteiger partial charge in [-0.2, -0.15) is 0 Å². The van der Waals surface area contributed by atoms with Crippen molar-refractivity contribution in [3.05, 3.63) is 345 Å². The summed E-state index contributed by atoms with van der Waals surface area (Å²) in [6.07, 6.45) is 4.46. The minimum atomic E-state index is -0.0712. The zero-order chi connectivity index (χ0) is 71.5. The monoisotopic (exact) mass is 1360 g/mol. The first kappa shape index (κ1) is 65.5. The lowest BCUT2D eigenvalue weighted by molar-refractivity contribution is 0.595. The van der Waals surface area contributed by atoms with Crippen molar-refractivity contribution in [1.29, 1.82) is 0 Å². The highest BCUT2D eigenvalue weighted by atomic mass is 15.0. The Morgan fingerprint density at radius 2 is 0.604 bits per heavy atom. The molecule has 11 nitrogen and oxygen atoms in total. The second kappa shape index (κ2) is 28.6. The molecule has 0 spiro atoms. The Bertz CT molecular complexity index is 6120. The molecule has 18 rings (SSSR count). The van der Waals surface area contributed by atoms with Crippen LogP contribution in [0.5, 0.6) is 0 Å². The van der Waals surface area contributed by atoms with Crippen molar-refractivity contribution in [2.45, 2.75) is 39.5 Å². The van der Waals surface area contributed by atoms with Crippen LogP contribution in [0.25, 0.3) is 179 Å². The summed E-state index contributed by atoms with van der Waals surface area (Å²) in [6.45, 7) is 8.97. The van der Waals surface area contributed by atoms with E-state index in [1.54, 1.807) is 12.4 Å². The maximum atomic E-state index is 5.26. The molecule has 0 saturated heterocycles. The molecule has 504 valence electrons. The molecule has 0 aliphatic rings. The highest BCUT2D eigenvalue weighted by molar-refractivity contribution is 6.07. The van der Waals surface area contributed by atoms with Crippen molar-refractivity contribution in [1.82, 2.24) is 54.8 Å². The lowest BCUT2D eigenvalue weighted by Gasteiger charge is -2.23. The predicted octanol–water partition coefficient (Wildman–Crippen LogP) is 23.2. The standard InChI is InChI=1S/C48H36N6.C47H33N5/c1-48(2,3)39-30-42(32-13-6-4-7-14-32)51-44-38(39)26-24-34-25-27-40(50-43(34)44)33-22-20-31(21-23-33)36-17-12-18-37(29-36)46-52-45(35-15-8-5-9-16-35)53-47(54-46)41-19-10-11-28-49-41;1-2-31-29-42(33-12-5-3-6-13-33)50-46-39(31)25-23-36-24-26-40(49-45(36)46)35-21-19-32(20-22-35)37-16-11-17-38(28-37)47-51-43(34-14-7-4-8-15-34)30-44(52-47)41-18-9-10-27-48-41/h4-30H,1-3H3;3-30H,2H2,1H3. The van der Waals surface area contributed by atoms with E-state index in [1.807, 2.05) is 115 Å². The van der Waals surface area contributed by atoms with E-state index >= 15 is 0 Å². The van der Waals surface area contributed by atoms with Crippen molar-refractivity contribution in [2.75, 3.05) is 0 Å². The average Bonchev–Trinajstić information content (AvgIpc) is 0.747. The summed E-state index contributed by atoms with van der Waals surface area (Å²) in [6, 6.07) is 110. The van der Waals surface area contributed by atoms with E-state index in [0.717, 1.165) is 157 Å². The highest BCUT2D eigenvalue weighted by Gasteiger charge is 2.23. The molecule has 0 atom stereocenters. The summed E-state index contributed by atoms with van der Waals surface area (Å²) < 4.78 is 0. The predicted molar refractivity (Wildman–Crippen MR) is 432 cm³/mol. The molecule has 11 heteroatoms. The van der Waals surface area contributed by atoms with E-state index in [0.29, 0.717) is 29.0 Å². The summed E-state index contributed by atoms with van der Waals surface area (Å²) >= 11 is 0. The van der Waals surface area contributed by atoms with Crippen LogP contribution in [0, 0.1) is 0 Å². The Morgan fingerprint density at radius 1 is 0.226 bits per heavy atom. The molecule has 0 unspecified atom stereocenters. The van der Waals surface area contributed by atoms with Crippen molar-refractivity contribution in [3.8, 4) is 136 Å². The van der Waals surface area contributed by atoms with E-state index in [2.05, 4.69) is 244 Å². The molecule has 10 aromatic carbocycles. The second-order valence-corrected chi connectivity index (χ2v) is 27.3. The number of pyridine rings is 6. The maximum absolute atomic E-state index is 5.26. The largest absolute Gasteiger partial charge is 0.255 e. The van der Waals surface area contributed by atoms with Gasteiger partial charge in [0.2, 0.25) is 0 Å². The van der Waals surface area contributed by atoms with Crippen LogP contribution in [0.15, 0.2) is 334 Å². The van der Waals surface area contributed by atoms with Crippen molar-refractivity contribution in [3.63, 3.8) is 0 Å². The van der Waals surface area contributed by atoms with Gasteiger partial charge in [0.05, 0.1) is 61.9 Å². The lowest BCUT2D eigenvalue weighted by atomic mass is 9.83. The molecule has 18 aromatic rings. The van der Waals surface area contributed by atoms with Crippen LogP contribution in [-0.2, 0) is 11.8 Å². The summed E-state index contributed by atoms with van der Waals surface area (Å²) in [5.41, 5.74) is 25.4. The van der Waals surface area contributed by atoms with Crippen LogP contribution in [0.4, 0.5) is 0 Å². The fourth-order valence-corrected chi connectivity index (χ4v) is 13.7. The third-order valence-corrected chi connectivity index (χ3v) is 19.2. The average molecular weight is 1360 g/mol. The Balaban J connectivity index is 0.000000156. The fraction of sp³-hybridized carbons (Fsp3) is 0.0632. The molecule has 0 bridgehead atoms. The van der Waals surface area contributed by atoms with Gasteiger partial charge >= 0.3 is 0 Å². The van der Waals surface area contributed by atoms with Gasteiger partial charge in [-0.05, 0) is 112 Å². The third-order valence-electron chi connectivity index (χ3n) is 19.2. The molecule has 0 aliphatic carbocycles. The third kappa shape index (κ3) is 13.6. The van der Waals surface area contributed by atoms with Crippen LogP contribution in [0.1, 0.15) is 38.8 Å². The summed E-state index contributed by atoms with van der Waals surface area (Å²) in [7, 11) is 0. The molecule has 8 heterocycles. The van der Waals surface area contributed by atoms with Gasteiger partial charge in [-0.25, -0.2) is 44.9 Å². The second-order valence-electron chi connectivity index (χ2n) is 27.3. The number of rotatable bonds is 13. The zero-order valence-corrected chi connectivity index (χ0v) is 58.9. The van der Waals surface area contributed by atoms with Crippen molar-refractivity contribution >= 4 is 43.6 Å². The lowest BCUT2D eigenvalue weighted by Crippen LogP contribution is -2.12. The Hall–Kier alpha value is -13.8. The Morgan fingerprint density at radius 3 is 1.10 bits per heavy atom. The summed E-state index contributed by atoms with van der Waals surface area (Å²) in [5, 5.41) is 4.43. The van der Waals surface area contributed by atoms with Crippen LogP contribution in [-0.4, -0.2) is 54.8 Å². The van der Waals surface area contributed by atoms with Gasteiger partial charge in [0.1, 0.15) is 5.69 Å². The van der Waals surface area contributed by atoms with Crippen LogP contribution in [0.2, 0.25) is 0 Å². The molecule has 0 radical (unpaired) electrons. The summed E-state index contributed by atoms with van der Waals surface area (Å²) in [5.74, 6) is 2.39. The van der Waals surface area contributed by atoms with Gasteiger partial charge in [-0.3, -0.25) is 9.97 Å². The number of fused-ring (bicyclic) bond motifs is 6. The molecule has 0 fully saturated rings. The van der Waals surface area contributed by atoms with Gasteiger partial charge in [0.25, 0.3) is 0 Å². The summed E-state index contributed by atoms with van der Waals surface area (Å²) in [4.78, 5) is 54.6. The maximum Gasteiger partial charge on any atom is 0.182 e. The van der Waals surface area contributed by atoms with Gasteiger partial charge in [-0.1, -0.05) is 282 Å². The van der Waals surface area contributed by atoms with E-state index in [-0.39, 0.29) is 5.41 Å². The van der Waals surface area contributed by atoms with E-state index < -0.39 is 0 Å².